The first-order valence-corrected chi connectivity index (χ1v) is 11.8. The maximum atomic E-state index is 11.8. The summed E-state index contributed by atoms with van der Waals surface area (Å²) >= 11 is 8.01. The van der Waals surface area contributed by atoms with Crippen LogP contribution in [0.5, 0.6) is 0 Å². The van der Waals surface area contributed by atoms with Gasteiger partial charge in [-0.3, -0.25) is 0 Å². The second kappa shape index (κ2) is 11.8. The van der Waals surface area contributed by atoms with Gasteiger partial charge in [0.25, 0.3) is 0 Å². The molecule has 5 nitrogen and oxygen atoms in total. The van der Waals surface area contributed by atoms with Crippen molar-refractivity contribution in [2.45, 2.75) is 43.7 Å². The summed E-state index contributed by atoms with van der Waals surface area (Å²) in [5.41, 5.74) is 1.23. The van der Waals surface area contributed by atoms with E-state index in [0.717, 1.165) is 37.2 Å². The van der Waals surface area contributed by atoms with Crippen LogP contribution in [0.2, 0.25) is 0 Å². The Morgan fingerprint density at radius 1 is 1.20 bits per heavy atom. The number of rotatable bonds is 11. The zero-order valence-corrected chi connectivity index (χ0v) is 18.6. The van der Waals surface area contributed by atoms with Gasteiger partial charge in [0, 0.05) is 29.3 Å². The molecule has 1 aliphatic rings. The first-order chi connectivity index (χ1) is 14.6. The molecule has 0 saturated heterocycles. The number of alkyl halides is 1. The average Bonchev–Trinajstić information content (AvgIpc) is 3.32. The van der Waals surface area contributed by atoms with E-state index in [2.05, 4.69) is 17.4 Å². The largest absolute Gasteiger partial charge is 0.459 e. The maximum Gasteiger partial charge on any atom is 0.348 e. The van der Waals surface area contributed by atoms with E-state index < -0.39 is 0 Å². The van der Waals surface area contributed by atoms with E-state index in [1.165, 1.54) is 16.9 Å². The lowest BCUT2D eigenvalue weighted by Gasteiger charge is -2.24. The number of aliphatic hydroxyl groups excluding tert-OH is 2. The molecule has 1 fully saturated rings. The highest BCUT2D eigenvalue weighted by atomic mass is 35.5. The number of hydrogen-bond acceptors (Lipinski definition) is 6. The number of thiophene rings is 1. The van der Waals surface area contributed by atoms with E-state index in [4.69, 9.17) is 21.4 Å². The zero-order valence-electron chi connectivity index (χ0n) is 17.0. The van der Waals surface area contributed by atoms with Crippen LogP contribution in [0.25, 0.3) is 0 Å². The summed E-state index contributed by atoms with van der Waals surface area (Å²) in [5.74, 6) is 0.0482. The Bertz CT molecular complexity index is 785. The lowest BCUT2D eigenvalue weighted by atomic mass is 9.89. The molecule has 30 heavy (non-hydrogen) atoms. The number of carbonyl (C=O) groups is 1. The Labute approximate surface area is 187 Å². The van der Waals surface area contributed by atoms with Crippen molar-refractivity contribution < 1.29 is 19.7 Å². The van der Waals surface area contributed by atoms with Crippen molar-refractivity contribution in [1.82, 2.24) is 5.32 Å². The molecule has 0 aliphatic heterocycles. The summed E-state index contributed by atoms with van der Waals surface area (Å²) in [5, 5.41) is 22.7. The van der Waals surface area contributed by atoms with Gasteiger partial charge in [0.15, 0.2) is 0 Å². The number of halogens is 1. The van der Waals surface area contributed by atoms with Gasteiger partial charge in [-0.25, -0.2) is 4.79 Å². The van der Waals surface area contributed by atoms with Crippen molar-refractivity contribution in [2.75, 3.05) is 19.8 Å². The fraction of sp³-hybridized carbons (Fsp3) is 0.522. The number of hydrogen-bond donors (Lipinski definition) is 3. The molecule has 0 unspecified atom stereocenters. The van der Waals surface area contributed by atoms with Gasteiger partial charge in [-0.1, -0.05) is 30.3 Å². The number of esters is 1. The molecule has 0 amide bonds. The van der Waals surface area contributed by atoms with Crippen molar-refractivity contribution in [1.29, 1.82) is 0 Å². The SMILES string of the molecule is O=C(OCCO)c1ccc(CCC[C@@H]2[C@@H](CNCc3ccccc3)[C@H](O)C[C@H]2Cl)s1. The number of benzene rings is 1. The van der Waals surface area contributed by atoms with Crippen LogP contribution in [0.4, 0.5) is 0 Å². The lowest BCUT2D eigenvalue weighted by molar-refractivity contribution is 0.0439. The highest BCUT2D eigenvalue weighted by Crippen LogP contribution is 2.39. The fourth-order valence-corrected chi connectivity index (χ4v) is 5.58. The molecular formula is C23H30ClNO4S. The molecule has 1 saturated carbocycles. The Morgan fingerprint density at radius 3 is 2.77 bits per heavy atom. The van der Waals surface area contributed by atoms with Gasteiger partial charge < -0.3 is 20.3 Å². The predicted octanol–water partition coefficient (Wildman–Crippen LogP) is 3.61. The van der Waals surface area contributed by atoms with E-state index in [1.807, 2.05) is 24.3 Å². The summed E-state index contributed by atoms with van der Waals surface area (Å²) in [6.07, 6.45) is 3.06. The number of carbonyl (C=O) groups excluding carboxylic acids is 1. The molecule has 164 valence electrons. The topological polar surface area (TPSA) is 78.8 Å². The van der Waals surface area contributed by atoms with Gasteiger partial charge >= 0.3 is 5.97 Å². The van der Waals surface area contributed by atoms with Crippen LogP contribution < -0.4 is 5.32 Å². The van der Waals surface area contributed by atoms with Crippen LogP contribution in [0.15, 0.2) is 42.5 Å². The molecule has 0 radical (unpaired) electrons. The third-order valence-electron chi connectivity index (χ3n) is 5.68. The van der Waals surface area contributed by atoms with Crippen LogP contribution in [0.1, 0.15) is 39.4 Å². The van der Waals surface area contributed by atoms with E-state index in [1.54, 1.807) is 6.07 Å². The van der Waals surface area contributed by atoms with Gasteiger partial charge in [0.1, 0.15) is 11.5 Å². The minimum absolute atomic E-state index is 0.00381. The van der Waals surface area contributed by atoms with Crippen molar-refractivity contribution >= 4 is 28.9 Å². The molecule has 1 aromatic heterocycles. The molecule has 0 spiro atoms. The summed E-state index contributed by atoms with van der Waals surface area (Å²) in [6.45, 7) is 1.39. The number of nitrogens with one attached hydrogen (secondary N) is 1. The summed E-state index contributed by atoms with van der Waals surface area (Å²) < 4.78 is 4.96. The smallest absolute Gasteiger partial charge is 0.348 e. The second-order valence-electron chi connectivity index (χ2n) is 7.78. The molecule has 2 aromatic rings. The van der Waals surface area contributed by atoms with Gasteiger partial charge in [-0.2, -0.15) is 0 Å². The van der Waals surface area contributed by atoms with Gasteiger partial charge in [0.05, 0.1) is 12.7 Å². The van der Waals surface area contributed by atoms with Gasteiger partial charge in [0.2, 0.25) is 0 Å². The van der Waals surface area contributed by atoms with Crippen LogP contribution in [-0.2, 0) is 17.7 Å². The van der Waals surface area contributed by atoms with E-state index >= 15 is 0 Å². The fourth-order valence-electron chi connectivity index (χ4n) is 4.14. The first kappa shape index (κ1) is 23.2. The van der Waals surface area contributed by atoms with Crippen LogP contribution in [0, 0.1) is 11.8 Å². The second-order valence-corrected chi connectivity index (χ2v) is 9.51. The predicted molar refractivity (Wildman–Crippen MR) is 120 cm³/mol. The Hall–Kier alpha value is -1.44. The van der Waals surface area contributed by atoms with Crippen molar-refractivity contribution in [3.63, 3.8) is 0 Å². The molecule has 1 aliphatic carbocycles. The molecule has 1 heterocycles. The van der Waals surface area contributed by atoms with E-state index in [0.29, 0.717) is 11.3 Å². The molecule has 3 N–H and O–H groups in total. The summed E-state index contributed by atoms with van der Waals surface area (Å²) in [6, 6.07) is 14.0. The average molecular weight is 452 g/mol. The normalized spacial score (nSPS) is 23.6. The molecular weight excluding hydrogens is 422 g/mol. The number of aliphatic hydroxyl groups is 2. The Balaban J connectivity index is 1.45. The van der Waals surface area contributed by atoms with Crippen molar-refractivity contribution in [3.05, 3.63) is 57.8 Å². The molecule has 0 bridgehead atoms. The van der Waals surface area contributed by atoms with Crippen LogP contribution >= 0.6 is 22.9 Å². The van der Waals surface area contributed by atoms with Gasteiger partial charge in [-0.05, 0) is 49.3 Å². The highest BCUT2D eigenvalue weighted by Gasteiger charge is 2.40. The Morgan fingerprint density at radius 2 is 2.00 bits per heavy atom. The van der Waals surface area contributed by atoms with E-state index in [9.17, 15) is 9.90 Å². The molecule has 3 rings (SSSR count). The molecule has 7 heteroatoms. The van der Waals surface area contributed by atoms with Crippen LogP contribution in [0.3, 0.4) is 0 Å². The first-order valence-electron chi connectivity index (χ1n) is 10.5. The minimum atomic E-state index is -0.385. The quantitative estimate of drug-likeness (QED) is 0.359. The molecule has 4 atom stereocenters. The van der Waals surface area contributed by atoms with Crippen molar-refractivity contribution in [3.8, 4) is 0 Å². The minimum Gasteiger partial charge on any atom is -0.459 e. The highest BCUT2D eigenvalue weighted by molar-refractivity contribution is 7.13. The van der Waals surface area contributed by atoms with Gasteiger partial charge in [-0.15, -0.1) is 22.9 Å². The Kier molecular flexibility index (Phi) is 9.15. The lowest BCUT2D eigenvalue weighted by Crippen LogP contribution is -2.32. The summed E-state index contributed by atoms with van der Waals surface area (Å²) in [4.78, 5) is 13.5. The van der Waals surface area contributed by atoms with Crippen molar-refractivity contribution in [2.24, 2.45) is 11.8 Å². The monoisotopic (exact) mass is 451 g/mol. The number of aryl methyl sites for hydroxylation is 1. The zero-order chi connectivity index (χ0) is 21.3. The third kappa shape index (κ3) is 6.53. The molecule has 1 aromatic carbocycles. The third-order valence-corrected chi connectivity index (χ3v) is 7.30. The number of ether oxygens (including phenoxy) is 1. The van der Waals surface area contributed by atoms with E-state index in [-0.39, 0.29) is 42.5 Å². The standard InChI is InChI=1S/C23H30ClNO4S/c24-20-13-21(27)19(15-25-14-16-5-2-1-3-6-16)18(20)8-4-7-17-9-10-22(30-17)23(28)29-12-11-26/h1-3,5-6,9-10,18-21,25-27H,4,7-8,11-15H2/t18-,19-,20-,21-/m1/s1. The van der Waals surface area contributed by atoms with Crippen LogP contribution in [-0.4, -0.2) is 47.4 Å². The summed E-state index contributed by atoms with van der Waals surface area (Å²) in [7, 11) is 0. The maximum absolute atomic E-state index is 11.8.